The summed E-state index contributed by atoms with van der Waals surface area (Å²) in [6, 6.07) is 0. The molecule has 1 aliphatic carbocycles. The van der Waals surface area contributed by atoms with Crippen molar-refractivity contribution in [3.63, 3.8) is 0 Å². The number of hydrogen-bond acceptors (Lipinski definition) is 2. The SMILES string of the molecule is CCC(O)(CC)CNC(=O)CC1CC1. The average Bonchev–Trinajstić information content (AvgIpc) is 2.98. The minimum absolute atomic E-state index is 0.0906. The summed E-state index contributed by atoms with van der Waals surface area (Å²) in [6.07, 6.45) is 4.41. The zero-order valence-electron chi connectivity index (χ0n) is 9.18. The van der Waals surface area contributed by atoms with Gasteiger partial charge in [0.25, 0.3) is 0 Å². The van der Waals surface area contributed by atoms with Crippen LogP contribution in [0.25, 0.3) is 0 Å². The normalized spacial score (nSPS) is 16.8. The van der Waals surface area contributed by atoms with Crippen LogP contribution in [0.2, 0.25) is 0 Å². The Hall–Kier alpha value is -0.570. The van der Waals surface area contributed by atoms with E-state index in [-0.39, 0.29) is 5.91 Å². The third kappa shape index (κ3) is 3.66. The van der Waals surface area contributed by atoms with Gasteiger partial charge in [-0.25, -0.2) is 0 Å². The van der Waals surface area contributed by atoms with Crippen molar-refractivity contribution >= 4 is 5.91 Å². The number of carbonyl (C=O) groups is 1. The molecule has 0 saturated heterocycles. The van der Waals surface area contributed by atoms with Gasteiger partial charge in [-0.15, -0.1) is 0 Å². The Morgan fingerprint density at radius 3 is 2.43 bits per heavy atom. The smallest absolute Gasteiger partial charge is 0.220 e. The largest absolute Gasteiger partial charge is 0.388 e. The predicted octanol–water partition coefficient (Wildman–Crippen LogP) is 1.45. The first-order valence-corrected chi connectivity index (χ1v) is 5.58. The van der Waals surface area contributed by atoms with E-state index in [1.807, 2.05) is 13.8 Å². The molecule has 0 aromatic rings. The van der Waals surface area contributed by atoms with Crippen LogP contribution < -0.4 is 5.32 Å². The molecule has 0 spiro atoms. The molecule has 0 aromatic carbocycles. The van der Waals surface area contributed by atoms with Crippen molar-refractivity contribution in [2.45, 2.75) is 51.6 Å². The first-order valence-electron chi connectivity index (χ1n) is 5.58. The van der Waals surface area contributed by atoms with Crippen LogP contribution in [-0.4, -0.2) is 23.2 Å². The van der Waals surface area contributed by atoms with Gasteiger partial charge in [0.1, 0.15) is 0 Å². The number of carbonyl (C=O) groups excluding carboxylic acids is 1. The molecule has 1 fully saturated rings. The van der Waals surface area contributed by atoms with E-state index in [0.717, 1.165) is 0 Å². The monoisotopic (exact) mass is 199 g/mol. The predicted molar refractivity (Wildman–Crippen MR) is 55.9 cm³/mol. The second-order valence-electron chi connectivity index (χ2n) is 4.36. The van der Waals surface area contributed by atoms with E-state index in [2.05, 4.69) is 5.32 Å². The molecule has 0 radical (unpaired) electrons. The van der Waals surface area contributed by atoms with E-state index < -0.39 is 5.60 Å². The highest BCUT2D eigenvalue weighted by Gasteiger charge is 2.26. The zero-order chi connectivity index (χ0) is 10.6. The van der Waals surface area contributed by atoms with Crippen LogP contribution in [0.1, 0.15) is 46.0 Å². The van der Waals surface area contributed by atoms with Crippen LogP contribution in [0.4, 0.5) is 0 Å². The molecule has 0 atom stereocenters. The van der Waals surface area contributed by atoms with Crippen LogP contribution in [0.15, 0.2) is 0 Å². The summed E-state index contributed by atoms with van der Waals surface area (Å²) in [5.74, 6) is 0.708. The molecule has 82 valence electrons. The van der Waals surface area contributed by atoms with E-state index in [1.54, 1.807) is 0 Å². The lowest BCUT2D eigenvalue weighted by molar-refractivity contribution is -0.122. The third-order valence-corrected chi connectivity index (χ3v) is 3.10. The molecule has 1 aliphatic rings. The van der Waals surface area contributed by atoms with E-state index >= 15 is 0 Å². The molecule has 1 rings (SSSR count). The molecule has 1 saturated carbocycles. The summed E-state index contributed by atoms with van der Waals surface area (Å²) in [6.45, 7) is 4.28. The van der Waals surface area contributed by atoms with E-state index in [1.165, 1.54) is 12.8 Å². The van der Waals surface area contributed by atoms with Gasteiger partial charge in [-0.3, -0.25) is 4.79 Å². The highest BCUT2D eigenvalue weighted by atomic mass is 16.3. The lowest BCUT2D eigenvalue weighted by Crippen LogP contribution is -2.42. The van der Waals surface area contributed by atoms with Gasteiger partial charge < -0.3 is 10.4 Å². The molecule has 0 aromatic heterocycles. The number of amides is 1. The van der Waals surface area contributed by atoms with Crippen molar-refractivity contribution in [3.8, 4) is 0 Å². The van der Waals surface area contributed by atoms with Crippen molar-refractivity contribution in [2.75, 3.05) is 6.54 Å². The van der Waals surface area contributed by atoms with Crippen molar-refractivity contribution in [1.82, 2.24) is 5.32 Å². The minimum Gasteiger partial charge on any atom is -0.388 e. The van der Waals surface area contributed by atoms with Crippen LogP contribution in [0.3, 0.4) is 0 Å². The number of hydrogen-bond donors (Lipinski definition) is 2. The van der Waals surface area contributed by atoms with Gasteiger partial charge in [-0.2, -0.15) is 0 Å². The van der Waals surface area contributed by atoms with Gasteiger partial charge in [0.05, 0.1) is 5.60 Å². The summed E-state index contributed by atoms with van der Waals surface area (Å²) in [5, 5.41) is 12.7. The third-order valence-electron chi connectivity index (χ3n) is 3.10. The van der Waals surface area contributed by atoms with Crippen LogP contribution in [0, 0.1) is 5.92 Å². The molecule has 2 N–H and O–H groups in total. The molecule has 1 amide bonds. The van der Waals surface area contributed by atoms with Gasteiger partial charge in [-0.05, 0) is 31.6 Å². The van der Waals surface area contributed by atoms with Crippen molar-refractivity contribution in [1.29, 1.82) is 0 Å². The standard InChI is InChI=1S/C11H21NO2/c1-3-11(14,4-2)8-12-10(13)7-9-5-6-9/h9,14H,3-8H2,1-2H3,(H,12,13). The Morgan fingerprint density at radius 1 is 1.43 bits per heavy atom. The zero-order valence-corrected chi connectivity index (χ0v) is 9.18. The first-order chi connectivity index (χ1) is 6.59. The molecular formula is C11H21NO2. The molecule has 0 bridgehead atoms. The second-order valence-corrected chi connectivity index (χ2v) is 4.36. The lowest BCUT2D eigenvalue weighted by Gasteiger charge is -2.25. The first kappa shape index (κ1) is 11.5. The maximum absolute atomic E-state index is 11.3. The lowest BCUT2D eigenvalue weighted by atomic mass is 9.97. The Bertz CT molecular complexity index is 195. The fourth-order valence-electron chi connectivity index (χ4n) is 1.42. The second kappa shape index (κ2) is 4.78. The van der Waals surface area contributed by atoms with E-state index in [4.69, 9.17) is 0 Å². The maximum atomic E-state index is 11.3. The molecule has 0 aliphatic heterocycles. The molecule has 3 nitrogen and oxygen atoms in total. The highest BCUT2D eigenvalue weighted by Crippen LogP contribution is 2.32. The molecule has 0 unspecified atom stereocenters. The molecule has 0 heterocycles. The highest BCUT2D eigenvalue weighted by molar-refractivity contribution is 5.76. The van der Waals surface area contributed by atoms with Crippen LogP contribution >= 0.6 is 0 Å². The fourth-order valence-corrected chi connectivity index (χ4v) is 1.42. The topological polar surface area (TPSA) is 49.3 Å². The van der Waals surface area contributed by atoms with Gasteiger partial charge in [0.2, 0.25) is 5.91 Å². The van der Waals surface area contributed by atoms with Crippen LogP contribution in [-0.2, 0) is 4.79 Å². The number of nitrogens with one attached hydrogen (secondary N) is 1. The minimum atomic E-state index is -0.709. The van der Waals surface area contributed by atoms with E-state index in [9.17, 15) is 9.90 Å². The molecule has 3 heteroatoms. The van der Waals surface area contributed by atoms with Crippen LogP contribution in [0.5, 0.6) is 0 Å². The number of aliphatic hydroxyl groups is 1. The Labute approximate surface area is 85.9 Å². The quantitative estimate of drug-likeness (QED) is 0.680. The van der Waals surface area contributed by atoms with Crippen molar-refractivity contribution < 1.29 is 9.90 Å². The summed E-state index contributed by atoms with van der Waals surface area (Å²) in [4.78, 5) is 11.3. The Balaban J connectivity index is 2.19. The van der Waals surface area contributed by atoms with Crippen molar-refractivity contribution in [3.05, 3.63) is 0 Å². The maximum Gasteiger partial charge on any atom is 0.220 e. The number of rotatable bonds is 6. The fraction of sp³-hybridized carbons (Fsp3) is 0.909. The summed E-state index contributed by atoms with van der Waals surface area (Å²) < 4.78 is 0. The summed E-state index contributed by atoms with van der Waals surface area (Å²) >= 11 is 0. The van der Waals surface area contributed by atoms with E-state index in [0.29, 0.717) is 31.7 Å². The van der Waals surface area contributed by atoms with Gasteiger partial charge >= 0.3 is 0 Å². The Kier molecular flexibility index (Phi) is 3.93. The average molecular weight is 199 g/mol. The van der Waals surface area contributed by atoms with Gasteiger partial charge in [0, 0.05) is 13.0 Å². The Morgan fingerprint density at radius 2 is 2.00 bits per heavy atom. The molecule has 14 heavy (non-hydrogen) atoms. The van der Waals surface area contributed by atoms with Crippen molar-refractivity contribution in [2.24, 2.45) is 5.92 Å². The summed E-state index contributed by atoms with van der Waals surface area (Å²) in [5.41, 5.74) is -0.709. The summed E-state index contributed by atoms with van der Waals surface area (Å²) in [7, 11) is 0. The molecular weight excluding hydrogens is 178 g/mol. The van der Waals surface area contributed by atoms with Gasteiger partial charge in [-0.1, -0.05) is 13.8 Å². The van der Waals surface area contributed by atoms with Gasteiger partial charge in [0.15, 0.2) is 0 Å².